The number of piperazine rings is 1. The molecule has 0 spiro atoms. The maximum atomic E-state index is 11.7. The lowest BCUT2D eigenvalue weighted by molar-refractivity contribution is -0.128. The van der Waals surface area contributed by atoms with E-state index in [2.05, 4.69) is 34.5 Å². The summed E-state index contributed by atoms with van der Waals surface area (Å²) in [6.45, 7) is 4.75. The molecule has 1 saturated heterocycles. The predicted molar refractivity (Wildman–Crippen MR) is 74.0 cm³/mol. The van der Waals surface area contributed by atoms with E-state index in [4.69, 9.17) is 0 Å². The molecule has 1 fully saturated rings. The third kappa shape index (κ3) is 2.15. The van der Waals surface area contributed by atoms with Crippen molar-refractivity contribution in [3.8, 4) is 0 Å². The van der Waals surface area contributed by atoms with Gasteiger partial charge < -0.3 is 5.32 Å². The van der Waals surface area contributed by atoms with Crippen molar-refractivity contribution in [3.05, 3.63) is 29.8 Å². The summed E-state index contributed by atoms with van der Waals surface area (Å²) in [5, 5.41) is 2.92. The Morgan fingerprint density at radius 2 is 2.28 bits per heavy atom. The zero-order valence-corrected chi connectivity index (χ0v) is 11.4. The quantitative estimate of drug-likeness (QED) is 0.880. The topological polar surface area (TPSA) is 32.3 Å². The lowest BCUT2D eigenvalue weighted by atomic mass is 9.99. The maximum Gasteiger partial charge on any atom is 0.237 e. The fraction of sp³-hybridized carbons (Fsp3) is 0.500. The number of benzene rings is 1. The van der Waals surface area contributed by atoms with Gasteiger partial charge in [0.25, 0.3) is 0 Å². The van der Waals surface area contributed by atoms with E-state index in [0.29, 0.717) is 5.92 Å². The van der Waals surface area contributed by atoms with Crippen LogP contribution in [0.2, 0.25) is 0 Å². The second-order valence-electron chi connectivity index (χ2n) is 5.01. The van der Waals surface area contributed by atoms with Gasteiger partial charge in [-0.05, 0) is 18.6 Å². The van der Waals surface area contributed by atoms with Gasteiger partial charge in [0.1, 0.15) is 0 Å². The molecule has 4 heteroatoms. The molecule has 1 N–H and O–H groups in total. The van der Waals surface area contributed by atoms with Gasteiger partial charge in [-0.15, -0.1) is 11.8 Å². The Morgan fingerprint density at radius 1 is 1.44 bits per heavy atom. The molecule has 1 aromatic carbocycles. The lowest BCUT2D eigenvalue weighted by Gasteiger charge is -2.34. The van der Waals surface area contributed by atoms with E-state index in [1.165, 1.54) is 10.5 Å². The fourth-order valence-corrected chi connectivity index (χ4v) is 3.98. The number of amides is 1. The van der Waals surface area contributed by atoms with Crippen LogP contribution in [0.25, 0.3) is 0 Å². The van der Waals surface area contributed by atoms with Crippen LogP contribution < -0.4 is 5.32 Å². The number of fused-ring (bicyclic) bond motifs is 1. The Morgan fingerprint density at radius 3 is 3.17 bits per heavy atom. The molecule has 2 aliphatic heterocycles. The Balaban J connectivity index is 1.72. The van der Waals surface area contributed by atoms with Gasteiger partial charge >= 0.3 is 0 Å². The Hall–Kier alpha value is -1.00. The lowest BCUT2D eigenvalue weighted by Crippen LogP contribution is -2.54. The molecular weight excluding hydrogens is 244 g/mol. The summed E-state index contributed by atoms with van der Waals surface area (Å²) in [5.41, 5.74) is 1.46. The summed E-state index contributed by atoms with van der Waals surface area (Å²) >= 11 is 1.94. The Kier molecular flexibility index (Phi) is 3.31. The molecule has 0 aromatic heterocycles. The van der Waals surface area contributed by atoms with Crippen molar-refractivity contribution in [3.63, 3.8) is 0 Å². The standard InChI is InChI=1S/C14H18N2OS/c1-10-14(17)15-6-7-16(10)8-11-9-18-13-5-3-2-4-12(11)13/h2-5,10-11H,6-9H2,1H3,(H,15,17). The molecule has 1 amide bonds. The van der Waals surface area contributed by atoms with Crippen molar-refractivity contribution >= 4 is 17.7 Å². The van der Waals surface area contributed by atoms with E-state index in [-0.39, 0.29) is 11.9 Å². The second kappa shape index (κ2) is 4.94. The normalized spacial score (nSPS) is 27.9. The number of hydrogen-bond acceptors (Lipinski definition) is 3. The van der Waals surface area contributed by atoms with Crippen LogP contribution in [-0.2, 0) is 4.79 Å². The molecule has 0 saturated carbocycles. The van der Waals surface area contributed by atoms with Gasteiger partial charge in [-0.2, -0.15) is 0 Å². The number of nitrogens with one attached hydrogen (secondary N) is 1. The molecule has 96 valence electrons. The number of carbonyl (C=O) groups is 1. The van der Waals surface area contributed by atoms with Crippen LogP contribution in [-0.4, -0.2) is 42.2 Å². The summed E-state index contributed by atoms with van der Waals surface area (Å²) < 4.78 is 0. The summed E-state index contributed by atoms with van der Waals surface area (Å²) in [7, 11) is 0. The molecule has 2 aliphatic rings. The monoisotopic (exact) mass is 262 g/mol. The van der Waals surface area contributed by atoms with Gasteiger partial charge in [-0.25, -0.2) is 0 Å². The van der Waals surface area contributed by atoms with Crippen molar-refractivity contribution < 1.29 is 4.79 Å². The zero-order valence-electron chi connectivity index (χ0n) is 10.6. The van der Waals surface area contributed by atoms with E-state index in [0.717, 1.165) is 25.4 Å². The van der Waals surface area contributed by atoms with E-state index in [9.17, 15) is 4.79 Å². The van der Waals surface area contributed by atoms with Gasteiger partial charge in [-0.1, -0.05) is 18.2 Å². The average Bonchev–Trinajstić information content (AvgIpc) is 2.79. The fourth-order valence-electron chi connectivity index (χ4n) is 2.74. The van der Waals surface area contributed by atoms with Gasteiger partial charge in [0.05, 0.1) is 6.04 Å². The van der Waals surface area contributed by atoms with Crippen LogP contribution in [0.15, 0.2) is 29.2 Å². The number of carbonyl (C=O) groups excluding carboxylic acids is 1. The number of nitrogens with zero attached hydrogens (tertiary/aromatic N) is 1. The summed E-state index contributed by atoms with van der Waals surface area (Å²) in [4.78, 5) is 15.4. The third-order valence-corrected chi connectivity index (χ3v) is 5.13. The molecule has 2 atom stereocenters. The van der Waals surface area contributed by atoms with Crippen molar-refractivity contribution in [2.75, 3.05) is 25.4 Å². The summed E-state index contributed by atoms with van der Waals surface area (Å²) in [5.74, 6) is 1.88. The van der Waals surface area contributed by atoms with E-state index in [1.807, 2.05) is 18.7 Å². The first kappa shape index (κ1) is 12.1. The SMILES string of the molecule is CC1C(=O)NCCN1CC1CSc2ccccc21. The Bertz CT molecular complexity index is 463. The highest BCUT2D eigenvalue weighted by atomic mass is 32.2. The summed E-state index contributed by atoms with van der Waals surface area (Å²) in [6.07, 6.45) is 0. The minimum Gasteiger partial charge on any atom is -0.353 e. The molecule has 3 nitrogen and oxygen atoms in total. The van der Waals surface area contributed by atoms with Crippen molar-refractivity contribution in [1.29, 1.82) is 0 Å². The van der Waals surface area contributed by atoms with Crippen LogP contribution >= 0.6 is 11.8 Å². The predicted octanol–water partition coefficient (Wildman–Crippen LogP) is 1.70. The maximum absolute atomic E-state index is 11.7. The zero-order chi connectivity index (χ0) is 12.5. The molecule has 0 aliphatic carbocycles. The van der Waals surface area contributed by atoms with Crippen molar-refractivity contribution in [2.45, 2.75) is 23.8 Å². The van der Waals surface area contributed by atoms with Gasteiger partial charge in [-0.3, -0.25) is 9.69 Å². The molecule has 3 rings (SSSR count). The minimum absolute atomic E-state index is 0.0107. The van der Waals surface area contributed by atoms with Gasteiger partial charge in [0, 0.05) is 36.2 Å². The van der Waals surface area contributed by atoms with Crippen LogP contribution in [0.3, 0.4) is 0 Å². The number of rotatable bonds is 2. The first-order valence-electron chi connectivity index (χ1n) is 6.49. The molecule has 0 bridgehead atoms. The largest absolute Gasteiger partial charge is 0.353 e. The second-order valence-corrected chi connectivity index (χ2v) is 6.07. The smallest absolute Gasteiger partial charge is 0.237 e. The first-order valence-corrected chi connectivity index (χ1v) is 7.48. The van der Waals surface area contributed by atoms with Crippen LogP contribution in [0.4, 0.5) is 0 Å². The van der Waals surface area contributed by atoms with E-state index < -0.39 is 0 Å². The van der Waals surface area contributed by atoms with Crippen molar-refractivity contribution in [1.82, 2.24) is 10.2 Å². The molecular formula is C14H18N2OS. The molecule has 18 heavy (non-hydrogen) atoms. The van der Waals surface area contributed by atoms with Crippen LogP contribution in [0.5, 0.6) is 0 Å². The third-order valence-electron chi connectivity index (χ3n) is 3.88. The van der Waals surface area contributed by atoms with Crippen LogP contribution in [0, 0.1) is 0 Å². The van der Waals surface area contributed by atoms with E-state index in [1.54, 1.807) is 0 Å². The van der Waals surface area contributed by atoms with Crippen molar-refractivity contribution in [2.24, 2.45) is 0 Å². The van der Waals surface area contributed by atoms with Gasteiger partial charge in [0.2, 0.25) is 5.91 Å². The van der Waals surface area contributed by atoms with Gasteiger partial charge in [0.15, 0.2) is 0 Å². The highest BCUT2D eigenvalue weighted by molar-refractivity contribution is 7.99. The average molecular weight is 262 g/mol. The van der Waals surface area contributed by atoms with Crippen LogP contribution in [0.1, 0.15) is 18.4 Å². The summed E-state index contributed by atoms with van der Waals surface area (Å²) in [6, 6.07) is 8.66. The molecule has 0 radical (unpaired) electrons. The molecule has 2 unspecified atom stereocenters. The number of thioether (sulfide) groups is 1. The van der Waals surface area contributed by atoms with E-state index >= 15 is 0 Å². The molecule has 1 aromatic rings. The molecule has 2 heterocycles. The highest BCUT2D eigenvalue weighted by Gasteiger charge is 2.30. The highest BCUT2D eigenvalue weighted by Crippen LogP contribution is 2.39. The minimum atomic E-state index is 0.0107. The first-order chi connectivity index (χ1) is 8.75. The Labute approximate surface area is 112 Å². The number of hydrogen-bond donors (Lipinski definition) is 1.